The lowest BCUT2D eigenvalue weighted by Gasteiger charge is -2.04. The van der Waals surface area contributed by atoms with Crippen LogP contribution < -0.4 is 5.73 Å². The fraction of sp³-hybridized carbons (Fsp3) is 0.143. The van der Waals surface area contributed by atoms with E-state index in [0.717, 1.165) is 11.8 Å². The third-order valence-corrected chi connectivity index (χ3v) is 2.36. The van der Waals surface area contributed by atoms with E-state index >= 15 is 0 Å². The maximum absolute atomic E-state index is 10.4. The lowest BCUT2D eigenvalue weighted by Crippen LogP contribution is -2.32. The number of aldehydes is 1. The quantitative estimate of drug-likeness (QED) is 0.803. The molecule has 2 aromatic rings. The zero-order valence-corrected chi connectivity index (χ0v) is 10.7. The van der Waals surface area contributed by atoms with Gasteiger partial charge in [-0.25, -0.2) is 0 Å². The first-order chi connectivity index (χ1) is 9.63. The zero-order chi connectivity index (χ0) is 14.8. The smallest absolute Gasteiger partial charge is 0.320 e. The topological polar surface area (TPSA) is 106 Å². The van der Waals surface area contributed by atoms with E-state index in [1.165, 1.54) is 0 Å². The van der Waals surface area contributed by atoms with Crippen molar-refractivity contribution >= 4 is 12.3 Å². The molecule has 20 heavy (non-hydrogen) atoms. The Labute approximate surface area is 116 Å². The SMILES string of the molecule is N[C@@H](Cc1ccncc1)C(=O)O.O=Cc1ccncc1. The van der Waals surface area contributed by atoms with Gasteiger partial charge in [0.2, 0.25) is 0 Å². The van der Waals surface area contributed by atoms with Crippen molar-refractivity contribution in [2.45, 2.75) is 12.5 Å². The van der Waals surface area contributed by atoms with E-state index in [1.54, 1.807) is 49.1 Å². The van der Waals surface area contributed by atoms with Crippen LogP contribution in [0.3, 0.4) is 0 Å². The number of carbonyl (C=O) groups is 2. The maximum atomic E-state index is 10.4. The molecule has 6 heteroatoms. The molecule has 0 aliphatic rings. The van der Waals surface area contributed by atoms with Crippen molar-refractivity contribution in [3.63, 3.8) is 0 Å². The summed E-state index contributed by atoms with van der Waals surface area (Å²) in [5.74, 6) is -0.980. The minimum atomic E-state index is -0.980. The Morgan fingerprint density at radius 3 is 2.05 bits per heavy atom. The van der Waals surface area contributed by atoms with Crippen molar-refractivity contribution in [1.82, 2.24) is 9.97 Å². The molecular formula is C14H15N3O3. The molecule has 3 N–H and O–H groups in total. The van der Waals surface area contributed by atoms with Crippen LogP contribution in [-0.4, -0.2) is 33.4 Å². The van der Waals surface area contributed by atoms with Crippen LogP contribution in [0.1, 0.15) is 15.9 Å². The highest BCUT2D eigenvalue weighted by Gasteiger charge is 2.11. The Morgan fingerprint density at radius 1 is 1.15 bits per heavy atom. The first-order valence-corrected chi connectivity index (χ1v) is 5.86. The highest BCUT2D eigenvalue weighted by atomic mass is 16.4. The molecular weight excluding hydrogens is 258 g/mol. The maximum Gasteiger partial charge on any atom is 0.320 e. The van der Waals surface area contributed by atoms with Gasteiger partial charge in [-0.3, -0.25) is 19.6 Å². The number of hydrogen-bond donors (Lipinski definition) is 2. The number of carboxylic acids is 1. The van der Waals surface area contributed by atoms with Crippen LogP contribution in [0.15, 0.2) is 49.1 Å². The minimum Gasteiger partial charge on any atom is -0.480 e. The van der Waals surface area contributed by atoms with E-state index in [2.05, 4.69) is 9.97 Å². The number of nitrogens with two attached hydrogens (primary N) is 1. The summed E-state index contributed by atoms with van der Waals surface area (Å²) in [7, 11) is 0. The van der Waals surface area contributed by atoms with Gasteiger partial charge in [0.05, 0.1) is 0 Å². The van der Waals surface area contributed by atoms with Crippen molar-refractivity contribution in [3.8, 4) is 0 Å². The number of carbonyl (C=O) groups excluding carboxylic acids is 1. The van der Waals surface area contributed by atoms with E-state index in [-0.39, 0.29) is 0 Å². The molecule has 0 saturated heterocycles. The largest absolute Gasteiger partial charge is 0.480 e. The monoisotopic (exact) mass is 273 g/mol. The number of nitrogens with zero attached hydrogens (tertiary/aromatic N) is 2. The van der Waals surface area contributed by atoms with Crippen LogP contribution in [0.5, 0.6) is 0 Å². The van der Waals surface area contributed by atoms with Gasteiger partial charge in [0, 0.05) is 30.4 Å². The summed E-state index contributed by atoms with van der Waals surface area (Å²) in [6, 6.07) is 6.00. The summed E-state index contributed by atoms with van der Waals surface area (Å²) in [5.41, 5.74) is 6.88. The van der Waals surface area contributed by atoms with Gasteiger partial charge in [0.25, 0.3) is 0 Å². The fourth-order valence-corrected chi connectivity index (χ4v) is 1.30. The molecule has 2 heterocycles. The molecule has 0 aromatic carbocycles. The summed E-state index contributed by atoms with van der Waals surface area (Å²) >= 11 is 0. The number of aromatic nitrogens is 2. The molecule has 0 fully saturated rings. The van der Waals surface area contributed by atoms with Crippen LogP contribution in [-0.2, 0) is 11.2 Å². The average Bonchev–Trinajstić information content (AvgIpc) is 2.49. The van der Waals surface area contributed by atoms with E-state index in [9.17, 15) is 9.59 Å². The van der Waals surface area contributed by atoms with Crippen molar-refractivity contribution in [2.24, 2.45) is 5.73 Å². The summed E-state index contributed by atoms with van der Waals surface area (Å²) < 4.78 is 0. The third-order valence-electron chi connectivity index (χ3n) is 2.36. The summed E-state index contributed by atoms with van der Waals surface area (Å²) in [6.45, 7) is 0. The van der Waals surface area contributed by atoms with Crippen molar-refractivity contribution in [3.05, 3.63) is 60.2 Å². The standard InChI is InChI=1S/C8H10N2O2.C6H5NO/c9-7(8(11)12)5-6-1-3-10-4-2-6;8-5-6-1-3-7-4-2-6/h1-4,7H,5,9H2,(H,11,12);1-5H/t7-;/m0./s1. The molecule has 0 radical (unpaired) electrons. The first-order valence-electron chi connectivity index (χ1n) is 5.86. The van der Waals surface area contributed by atoms with Crippen LogP contribution in [0.2, 0.25) is 0 Å². The molecule has 0 bridgehead atoms. The normalized spacial score (nSPS) is 10.8. The third kappa shape index (κ3) is 5.83. The van der Waals surface area contributed by atoms with Gasteiger partial charge in [0.15, 0.2) is 0 Å². The Hall–Kier alpha value is -2.60. The van der Waals surface area contributed by atoms with Crippen LogP contribution in [0.25, 0.3) is 0 Å². The van der Waals surface area contributed by atoms with Gasteiger partial charge in [-0.05, 0) is 36.2 Å². The van der Waals surface area contributed by atoms with Crippen molar-refractivity contribution < 1.29 is 14.7 Å². The zero-order valence-electron chi connectivity index (χ0n) is 10.7. The van der Waals surface area contributed by atoms with Gasteiger partial charge in [0.1, 0.15) is 12.3 Å². The van der Waals surface area contributed by atoms with Crippen LogP contribution in [0.4, 0.5) is 0 Å². The van der Waals surface area contributed by atoms with E-state index in [0.29, 0.717) is 12.0 Å². The lowest BCUT2D eigenvalue weighted by molar-refractivity contribution is -0.138. The van der Waals surface area contributed by atoms with E-state index in [1.807, 2.05) is 0 Å². The average molecular weight is 273 g/mol. The molecule has 1 atom stereocenters. The van der Waals surface area contributed by atoms with Crippen molar-refractivity contribution in [1.29, 1.82) is 0 Å². The molecule has 104 valence electrons. The van der Waals surface area contributed by atoms with Gasteiger partial charge in [-0.15, -0.1) is 0 Å². The second-order valence-corrected chi connectivity index (χ2v) is 3.90. The molecule has 0 amide bonds. The highest BCUT2D eigenvalue weighted by Crippen LogP contribution is 1.99. The summed E-state index contributed by atoms with van der Waals surface area (Å²) in [5, 5.41) is 8.50. The lowest BCUT2D eigenvalue weighted by atomic mass is 10.1. The summed E-state index contributed by atoms with van der Waals surface area (Å²) in [6.07, 6.45) is 7.54. The number of hydrogen-bond acceptors (Lipinski definition) is 5. The molecule has 2 aromatic heterocycles. The van der Waals surface area contributed by atoms with E-state index < -0.39 is 12.0 Å². The van der Waals surface area contributed by atoms with Gasteiger partial charge in [-0.1, -0.05) is 0 Å². The Bertz CT molecular complexity index is 532. The summed E-state index contributed by atoms with van der Waals surface area (Å²) in [4.78, 5) is 27.9. The second-order valence-electron chi connectivity index (χ2n) is 3.90. The molecule has 6 nitrogen and oxygen atoms in total. The Morgan fingerprint density at radius 2 is 1.65 bits per heavy atom. The van der Waals surface area contributed by atoms with E-state index in [4.69, 9.17) is 10.8 Å². The highest BCUT2D eigenvalue weighted by molar-refractivity contribution is 5.74. The van der Waals surface area contributed by atoms with Gasteiger partial charge in [-0.2, -0.15) is 0 Å². The fourth-order valence-electron chi connectivity index (χ4n) is 1.30. The minimum absolute atomic E-state index is 0.345. The van der Waals surface area contributed by atoms with Crippen LogP contribution >= 0.6 is 0 Å². The predicted octanol–water partition coefficient (Wildman–Crippen LogP) is 0.930. The molecule has 0 spiro atoms. The van der Waals surface area contributed by atoms with Crippen molar-refractivity contribution in [2.75, 3.05) is 0 Å². The van der Waals surface area contributed by atoms with Gasteiger partial charge >= 0.3 is 5.97 Å². The Kier molecular flexibility index (Phi) is 6.56. The van der Waals surface area contributed by atoms with Gasteiger partial charge < -0.3 is 10.8 Å². The number of rotatable bonds is 4. The molecule has 2 rings (SSSR count). The number of aliphatic carboxylic acids is 1. The number of pyridine rings is 2. The molecule has 0 unspecified atom stereocenters. The first kappa shape index (κ1) is 15.5. The van der Waals surface area contributed by atoms with Crippen LogP contribution in [0, 0.1) is 0 Å². The predicted molar refractivity (Wildman–Crippen MR) is 73.2 cm³/mol. The second kappa shape index (κ2) is 8.49. The molecule has 0 aliphatic carbocycles. The molecule has 0 aliphatic heterocycles. The molecule has 0 saturated carbocycles. The Balaban J connectivity index is 0.000000217. The number of carboxylic acid groups (broad SMARTS) is 1.